The van der Waals surface area contributed by atoms with Crippen molar-refractivity contribution in [1.29, 1.82) is 0 Å². The molecule has 0 spiro atoms. The van der Waals surface area contributed by atoms with Gasteiger partial charge in [-0.1, -0.05) is 37.3 Å². The highest BCUT2D eigenvalue weighted by Crippen LogP contribution is 2.20. The van der Waals surface area contributed by atoms with Crippen molar-refractivity contribution in [3.05, 3.63) is 35.9 Å². The molecule has 15 heavy (non-hydrogen) atoms. The molecule has 1 heterocycles. The first-order valence-electron chi connectivity index (χ1n) is 5.19. The van der Waals surface area contributed by atoms with Gasteiger partial charge in [0.15, 0.2) is 0 Å². The minimum absolute atomic E-state index is 0.0475. The Bertz CT molecular complexity index is 350. The van der Waals surface area contributed by atoms with E-state index in [2.05, 4.69) is 0 Å². The molecule has 80 valence electrons. The molecule has 1 amide bonds. The van der Waals surface area contributed by atoms with Crippen LogP contribution in [-0.4, -0.2) is 28.6 Å². The molecule has 1 aromatic rings. The zero-order chi connectivity index (χ0) is 10.8. The summed E-state index contributed by atoms with van der Waals surface area (Å²) in [5.41, 5.74) is 1.10. The topological polar surface area (TPSA) is 40.5 Å². The van der Waals surface area contributed by atoms with Crippen molar-refractivity contribution in [3.8, 4) is 0 Å². The summed E-state index contributed by atoms with van der Waals surface area (Å²) in [6.45, 7) is 2.83. The standard InChI is InChI=1S/C12H15NO2/c1-9-11(14)8-13(12(9)15)7-10-5-3-2-4-6-10/h2-6,9,11,14H,7-8H2,1H3/t9-,11+/m0/s1. The summed E-state index contributed by atoms with van der Waals surface area (Å²) in [4.78, 5) is 13.4. The van der Waals surface area contributed by atoms with Gasteiger partial charge in [0, 0.05) is 13.1 Å². The average molecular weight is 205 g/mol. The van der Waals surface area contributed by atoms with Crippen molar-refractivity contribution in [1.82, 2.24) is 4.90 Å². The summed E-state index contributed by atoms with van der Waals surface area (Å²) in [5, 5.41) is 9.55. The van der Waals surface area contributed by atoms with Crippen LogP contribution in [0.1, 0.15) is 12.5 Å². The molecule has 0 unspecified atom stereocenters. The number of rotatable bonds is 2. The van der Waals surface area contributed by atoms with Crippen molar-refractivity contribution in [2.75, 3.05) is 6.54 Å². The largest absolute Gasteiger partial charge is 0.390 e. The molecule has 2 rings (SSSR count). The number of benzene rings is 1. The second-order valence-electron chi connectivity index (χ2n) is 4.06. The van der Waals surface area contributed by atoms with E-state index < -0.39 is 6.10 Å². The highest BCUT2D eigenvalue weighted by Gasteiger charge is 2.35. The molecule has 1 aliphatic heterocycles. The zero-order valence-electron chi connectivity index (χ0n) is 8.76. The highest BCUT2D eigenvalue weighted by atomic mass is 16.3. The summed E-state index contributed by atoms with van der Waals surface area (Å²) in [6, 6.07) is 9.84. The van der Waals surface area contributed by atoms with Crippen LogP contribution in [-0.2, 0) is 11.3 Å². The number of carbonyl (C=O) groups excluding carboxylic acids is 1. The smallest absolute Gasteiger partial charge is 0.228 e. The van der Waals surface area contributed by atoms with Crippen LogP contribution in [0, 0.1) is 5.92 Å². The monoisotopic (exact) mass is 205 g/mol. The Hall–Kier alpha value is -1.35. The van der Waals surface area contributed by atoms with Gasteiger partial charge in [0.2, 0.25) is 5.91 Å². The molecule has 1 aromatic carbocycles. The summed E-state index contributed by atoms with van der Waals surface area (Å²) in [7, 11) is 0. The molecule has 0 saturated carbocycles. The van der Waals surface area contributed by atoms with E-state index in [-0.39, 0.29) is 11.8 Å². The number of carbonyl (C=O) groups is 1. The molecule has 2 atom stereocenters. The number of nitrogens with zero attached hydrogens (tertiary/aromatic N) is 1. The number of hydrogen-bond donors (Lipinski definition) is 1. The van der Waals surface area contributed by atoms with E-state index in [1.807, 2.05) is 30.3 Å². The molecule has 0 radical (unpaired) electrons. The van der Waals surface area contributed by atoms with Gasteiger partial charge in [-0.2, -0.15) is 0 Å². The second kappa shape index (κ2) is 4.03. The number of likely N-dealkylation sites (tertiary alicyclic amines) is 1. The van der Waals surface area contributed by atoms with Crippen LogP contribution in [0.15, 0.2) is 30.3 Å². The SMILES string of the molecule is C[C@@H]1C(=O)N(Cc2ccccc2)C[C@H]1O. The third-order valence-electron chi connectivity index (χ3n) is 2.90. The molecule has 0 aromatic heterocycles. The number of aliphatic hydroxyl groups excluding tert-OH is 1. The molecule has 0 aliphatic carbocycles. The molecule has 1 N–H and O–H groups in total. The normalized spacial score (nSPS) is 26.0. The minimum atomic E-state index is -0.513. The van der Waals surface area contributed by atoms with E-state index in [1.165, 1.54) is 0 Å². The van der Waals surface area contributed by atoms with Crippen LogP contribution in [0.2, 0.25) is 0 Å². The fourth-order valence-electron chi connectivity index (χ4n) is 1.87. The Morgan fingerprint density at radius 2 is 2.07 bits per heavy atom. The summed E-state index contributed by atoms with van der Waals surface area (Å²) in [5.74, 6) is -0.208. The van der Waals surface area contributed by atoms with Gasteiger partial charge in [-0.15, -0.1) is 0 Å². The van der Waals surface area contributed by atoms with Gasteiger partial charge in [-0.3, -0.25) is 4.79 Å². The van der Waals surface area contributed by atoms with Gasteiger partial charge in [0.25, 0.3) is 0 Å². The van der Waals surface area contributed by atoms with Crippen LogP contribution >= 0.6 is 0 Å². The van der Waals surface area contributed by atoms with Crippen LogP contribution in [0.5, 0.6) is 0 Å². The molecule has 1 aliphatic rings. The van der Waals surface area contributed by atoms with Crippen molar-refractivity contribution < 1.29 is 9.90 Å². The van der Waals surface area contributed by atoms with Gasteiger partial charge in [0.05, 0.1) is 12.0 Å². The molecule has 3 heteroatoms. The lowest BCUT2D eigenvalue weighted by Crippen LogP contribution is -2.26. The van der Waals surface area contributed by atoms with Crippen molar-refractivity contribution in [3.63, 3.8) is 0 Å². The Morgan fingerprint density at radius 3 is 2.60 bits per heavy atom. The Morgan fingerprint density at radius 1 is 1.40 bits per heavy atom. The minimum Gasteiger partial charge on any atom is -0.390 e. The van der Waals surface area contributed by atoms with E-state index in [0.717, 1.165) is 5.56 Å². The van der Waals surface area contributed by atoms with E-state index in [0.29, 0.717) is 13.1 Å². The predicted molar refractivity (Wildman–Crippen MR) is 57.0 cm³/mol. The lowest BCUT2D eigenvalue weighted by Gasteiger charge is -2.15. The number of β-amino-alcohol motifs (C(OH)–C–C–N with tert-alkyl or cyclic N) is 1. The molecular weight excluding hydrogens is 190 g/mol. The van der Waals surface area contributed by atoms with E-state index in [4.69, 9.17) is 0 Å². The molecule has 0 bridgehead atoms. The van der Waals surface area contributed by atoms with Crippen LogP contribution in [0.3, 0.4) is 0 Å². The summed E-state index contributed by atoms with van der Waals surface area (Å²) in [6.07, 6.45) is -0.513. The Labute approximate surface area is 89.3 Å². The zero-order valence-corrected chi connectivity index (χ0v) is 8.76. The van der Waals surface area contributed by atoms with Crippen molar-refractivity contribution in [2.24, 2.45) is 5.92 Å². The van der Waals surface area contributed by atoms with Gasteiger partial charge in [-0.25, -0.2) is 0 Å². The van der Waals surface area contributed by atoms with Crippen molar-refractivity contribution >= 4 is 5.91 Å². The third-order valence-corrected chi connectivity index (χ3v) is 2.90. The number of amides is 1. The Balaban J connectivity index is 2.05. The third kappa shape index (κ3) is 2.02. The first-order chi connectivity index (χ1) is 7.18. The highest BCUT2D eigenvalue weighted by molar-refractivity contribution is 5.81. The lowest BCUT2D eigenvalue weighted by molar-refractivity contribution is -0.131. The molecule has 1 saturated heterocycles. The van der Waals surface area contributed by atoms with Crippen LogP contribution in [0.4, 0.5) is 0 Å². The predicted octanol–water partition coefficient (Wildman–Crippen LogP) is 1.03. The maximum Gasteiger partial charge on any atom is 0.228 e. The van der Waals surface area contributed by atoms with Crippen molar-refractivity contribution in [2.45, 2.75) is 19.6 Å². The van der Waals surface area contributed by atoms with E-state index in [1.54, 1.807) is 11.8 Å². The maximum absolute atomic E-state index is 11.7. The first kappa shape index (κ1) is 10.2. The summed E-state index contributed by atoms with van der Waals surface area (Å²) < 4.78 is 0. The van der Waals surface area contributed by atoms with Gasteiger partial charge < -0.3 is 10.0 Å². The van der Waals surface area contributed by atoms with Crippen LogP contribution in [0.25, 0.3) is 0 Å². The number of aliphatic hydroxyl groups is 1. The second-order valence-corrected chi connectivity index (χ2v) is 4.06. The quantitative estimate of drug-likeness (QED) is 0.783. The average Bonchev–Trinajstić information content (AvgIpc) is 2.48. The van der Waals surface area contributed by atoms with Gasteiger partial charge >= 0.3 is 0 Å². The van der Waals surface area contributed by atoms with E-state index in [9.17, 15) is 9.90 Å². The fraction of sp³-hybridized carbons (Fsp3) is 0.417. The maximum atomic E-state index is 11.7. The molecular formula is C12H15NO2. The Kier molecular flexibility index (Phi) is 2.73. The van der Waals surface area contributed by atoms with Gasteiger partial charge in [-0.05, 0) is 5.56 Å². The first-order valence-corrected chi connectivity index (χ1v) is 5.19. The fourth-order valence-corrected chi connectivity index (χ4v) is 1.87. The molecule has 3 nitrogen and oxygen atoms in total. The van der Waals surface area contributed by atoms with E-state index >= 15 is 0 Å². The van der Waals surface area contributed by atoms with Gasteiger partial charge in [0.1, 0.15) is 0 Å². The number of hydrogen-bond acceptors (Lipinski definition) is 2. The van der Waals surface area contributed by atoms with Crippen LogP contribution < -0.4 is 0 Å². The lowest BCUT2D eigenvalue weighted by atomic mass is 10.1. The molecule has 1 fully saturated rings. The summed E-state index contributed by atoms with van der Waals surface area (Å²) >= 11 is 0.